The van der Waals surface area contributed by atoms with Crippen molar-refractivity contribution >= 4 is 11.9 Å². The van der Waals surface area contributed by atoms with Gasteiger partial charge in [0.15, 0.2) is 6.10 Å². The van der Waals surface area contributed by atoms with Crippen LogP contribution < -0.4 is 10.1 Å². The minimum atomic E-state index is -0.944. The van der Waals surface area contributed by atoms with E-state index in [2.05, 4.69) is 10.5 Å². The molecule has 0 fully saturated rings. The smallest absolute Gasteiger partial charge is 0.344 e. The summed E-state index contributed by atoms with van der Waals surface area (Å²) in [5.74, 6) is 0.00417. The Bertz CT molecular complexity index is 719. The third-order valence-electron chi connectivity index (χ3n) is 3.54. The standard InChI is InChI=1S/C17H20N2O5/c1-10-15(11(2)24-19-10)17(21)23-12(3)16(20)18-9-13-7-5-6-8-14(13)22-4/h5-8,12H,9H2,1-4H3,(H,18,20)/t12-/m1/s1. The summed E-state index contributed by atoms with van der Waals surface area (Å²) in [5, 5.41) is 6.41. The van der Waals surface area contributed by atoms with E-state index in [4.69, 9.17) is 14.0 Å². The zero-order valence-electron chi connectivity index (χ0n) is 14.1. The number of esters is 1. The lowest BCUT2D eigenvalue weighted by molar-refractivity contribution is -0.129. The van der Waals surface area contributed by atoms with Gasteiger partial charge in [0, 0.05) is 12.1 Å². The van der Waals surface area contributed by atoms with Crippen LogP contribution in [-0.4, -0.2) is 30.2 Å². The maximum atomic E-state index is 12.1. The molecule has 0 aliphatic carbocycles. The van der Waals surface area contributed by atoms with Gasteiger partial charge in [-0.1, -0.05) is 23.4 Å². The van der Waals surface area contributed by atoms with Gasteiger partial charge in [-0.25, -0.2) is 4.79 Å². The van der Waals surface area contributed by atoms with Crippen molar-refractivity contribution < 1.29 is 23.6 Å². The van der Waals surface area contributed by atoms with E-state index in [0.29, 0.717) is 17.2 Å². The summed E-state index contributed by atoms with van der Waals surface area (Å²) < 4.78 is 15.3. The number of nitrogens with one attached hydrogen (secondary N) is 1. The summed E-state index contributed by atoms with van der Waals surface area (Å²) in [6, 6.07) is 7.35. The Kier molecular flexibility index (Phi) is 5.57. The van der Waals surface area contributed by atoms with Crippen molar-refractivity contribution in [3.05, 3.63) is 46.8 Å². The highest BCUT2D eigenvalue weighted by Gasteiger charge is 2.24. The van der Waals surface area contributed by atoms with E-state index in [1.807, 2.05) is 24.3 Å². The molecule has 0 aliphatic heterocycles. The minimum Gasteiger partial charge on any atom is -0.496 e. The van der Waals surface area contributed by atoms with Crippen LogP contribution in [0.2, 0.25) is 0 Å². The van der Waals surface area contributed by atoms with Gasteiger partial charge in [-0.15, -0.1) is 0 Å². The summed E-state index contributed by atoms with van der Waals surface area (Å²) in [4.78, 5) is 24.2. The van der Waals surface area contributed by atoms with Crippen LogP contribution in [0.1, 0.15) is 34.3 Å². The number of hydrogen-bond donors (Lipinski definition) is 1. The van der Waals surface area contributed by atoms with Crippen molar-refractivity contribution in [3.63, 3.8) is 0 Å². The molecule has 2 aromatic rings. The number of ether oxygens (including phenoxy) is 2. The Morgan fingerprint density at radius 2 is 2.00 bits per heavy atom. The van der Waals surface area contributed by atoms with Crippen LogP contribution in [0.4, 0.5) is 0 Å². The molecule has 0 bridgehead atoms. The number of carbonyl (C=O) groups excluding carboxylic acids is 2. The lowest BCUT2D eigenvalue weighted by Crippen LogP contribution is -2.35. The summed E-state index contributed by atoms with van der Waals surface area (Å²) in [6.07, 6.45) is -0.944. The van der Waals surface area contributed by atoms with Gasteiger partial charge < -0.3 is 19.3 Å². The average molecular weight is 332 g/mol. The van der Waals surface area contributed by atoms with E-state index in [1.54, 1.807) is 21.0 Å². The predicted octanol–water partition coefficient (Wildman–Crippen LogP) is 2.16. The zero-order chi connectivity index (χ0) is 17.7. The molecule has 1 amide bonds. The van der Waals surface area contributed by atoms with Crippen LogP contribution in [0, 0.1) is 13.8 Å². The first-order valence-corrected chi connectivity index (χ1v) is 7.47. The van der Waals surface area contributed by atoms with Crippen molar-refractivity contribution in [2.75, 3.05) is 7.11 Å². The molecule has 1 N–H and O–H groups in total. The molecule has 0 spiro atoms. The summed E-state index contributed by atoms with van der Waals surface area (Å²) in [5.41, 5.74) is 1.51. The maximum absolute atomic E-state index is 12.1. The Balaban J connectivity index is 1.94. The fraction of sp³-hybridized carbons (Fsp3) is 0.353. The van der Waals surface area contributed by atoms with Gasteiger partial charge in [-0.05, 0) is 26.8 Å². The second-order valence-electron chi connectivity index (χ2n) is 5.28. The highest BCUT2D eigenvalue weighted by atomic mass is 16.5. The van der Waals surface area contributed by atoms with Gasteiger partial charge in [-0.3, -0.25) is 4.79 Å². The molecule has 1 aromatic carbocycles. The number of amides is 1. The number of benzene rings is 1. The molecule has 128 valence electrons. The Labute approximate surface area is 139 Å². The zero-order valence-corrected chi connectivity index (χ0v) is 14.1. The van der Waals surface area contributed by atoms with Crippen molar-refractivity contribution in [3.8, 4) is 5.75 Å². The van der Waals surface area contributed by atoms with Crippen LogP contribution in [0.25, 0.3) is 0 Å². The van der Waals surface area contributed by atoms with Gasteiger partial charge >= 0.3 is 5.97 Å². The monoisotopic (exact) mass is 332 g/mol. The van der Waals surface area contributed by atoms with E-state index >= 15 is 0 Å². The predicted molar refractivity (Wildman–Crippen MR) is 85.7 cm³/mol. The molecule has 1 atom stereocenters. The Morgan fingerprint density at radius 3 is 2.62 bits per heavy atom. The SMILES string of the molecule is COc1ccccc1CNC(=O)[C@@H](C)OC(=O)c1c(C)noc1C. The molecular formula is C17H20N2O5. The lowest BCUT2D eigenvalue weighted by Gasteiger charge is -2.14. The van der Waals surface area contributed by atoms with Crippen LogP contribution in [0.15, 0.2) is 28.8 Å². The van der Waals surface area contributed by atoms with Crippen LogP contribution in [-0.2, 0) is 16.1 Å². The molecule has 7 heteroatoms. The number of aromatic nitrogens is 1. The summed E-state index contributed by atoms with van der Waals surface area (Å²) >= 11 is 0. The van der Waals surface area contributed by atoms with E-state index in [-0.39, 0.29) is 12.1 Å². The number of rotatable bonds is 6. The quantitative estimate of drug-likeness (QED) is 0.815. The van der Waals surface area contributed by atoms with Gasteiger partial charge in [0.2, 0.25) is 0 Å². The first-order chi connectivity index (χ1) is 11.4. The second-order valence-corrected chi connectivity index (χ2v) is 5.28. The van der Waals surface area contributed by atoms with Crippen molar-refractivity contribution in [1.29, 1.82) is 0 Å². The highest BCUT2D eigenvalue weighted by Crippen LogP contribution is 2.17. The third-order valence-corrected chi connectivity index (χ3v) is 3.54. The van der Waals surface area contributed by atoms with Crippen molar-refractivity contribution in [2.45, 2.75) is 33.4 Å². The molecular weight excluding hydrogens is 312 g/mol. The molecule has 7 nitrogen and oxygen atoms in total. The van der Waals surface area contributed by atoms with E-state index in [9.17, 15) is 9.59 Å². The van der Waals surface area contributed by atoms with Crippen molar-refractivity contribution in [2.24, 2.45) is 0 Å². The molecule has 2 rings (SSSR count). The van der Waals surface area contributed by atoms with Crippen LogP contribution in [0.3, 0.4) is 0 Å². The Hall–Kier alpha value is -2.83. The van der Waals surface area contributed by atoms with Gasteiger partial charge in [0.1, 0.15) is 17.1 Å². The summed E-state index contributed by atoms with van der Waals surface area (Å²) in [6.45, 7) is 5.03. The van der Waals surface area contributed by atoms with Gasteiger partial charge in [0.25, 0.3) is 5.91 Å². The van der Waals surface area contributed by atoms with Crippen LogP contribution >= 0.6 is 0 Å². The largest absolute Gasteiger partial charge is 0.496 e. The third kappa shape index (κ3) is 3.92. The number of carbonyl (C=O) groups is 2. The first kappa shape index (κ1) is 17.5. The molecule has 1 aromatic heterocycles. The lowest BCUT2D eigenvalue weighted by atomic mass is 10.2. The van der Waals surface area contributed by atoms with Gasteiger partial charge in [0.05, 0.1) is 12.8 Å². The average Bonchev–Trinajstić information content (AvgIpc) is 2.91. The number of para-hydroxylation sites is 1. The maximum Gasteiger partial charge on any atom is 0.344 e. The number of nitrogens with zero attached hydrogens (tertiary/aromatic N) is 1. The molecule has 0 saturated carbocycles. The molecule has 0 saturated heterocycles. The number of aryl methyl sites for hydroxylation is 2. The molecule has 0 radical (unpaired) electrons. The molecule has 1 heterocycles. The second kappa shape index (κ2) is 7.63. The molecule has 0 unspecified atom stereocenters. The van der Waals surface area contributed by atoms with E-state index in [1.165, 1.54) is 6.92 Å². The minimum absolute atomic E-state index is 0.249. The van der Waals surface area contributed by atoms with E-state index < -0.39 is 18.0 Å². The highest BCUT2D eigenvalue weighted by molar-refractivity contribution is 5.93. The number of methoxy groups -OCH3 is 1. The molecule has 24 heavy (non-hydrogen) atoms. The van der Waals surface area contributed by atoms with Gasteiger partial charge in [-0.2, -0.15) is 0 Å². The van der Waals surface area contributed by atoms with E-state index in [0.717, 1.165) is 5.56 Å². The number of hydrogen-bond acceptors (Lipinski definition) is 6. The van der Waals surface area contributed by atoms with Crippen LogP contribution in [0.5, 0.6) is 5.75 Å². The van der Waals surface area contributed by atoms with Crippen molar-refractivity contribution in [1.82, 2.24) is 10.5 Å². The summed E-state index contributed by atoms with van der Waals surface area (Å²) in [7, 11) is 1.56. The molecule has 0 aliphatic rings. The Morgan fingerprint density at radius 1 is 1.29 bits per heavy atom. The fourth-order valence-electron chi connectivity index (χ4n) is 2.22. The topological polar surface area (TPSA) is 90.7 Å². The normalized spacial score (nSPS) is 11.7. The first-order valence-electron chi connectivity index (χ1n) is 7.47. The fourth-order valence-corrected chi connectivity index (χ4v) is 2.22.